The molecule has 1 aromatic heterocycles. The van der Waals surface area contributed by atoms with Crippen LogP contribution in [0.5, 0.6) is 0 Å². The molecule has 32 heavy (non-hydrogen) atoms. The number of hydrogen-bond donors (Lipinski definition) is 2. The fourth-order valence-electron chi connectivity index (χ4n) is 6.53. The van der Waals surface area contributed by atoms with Crippen molar-refractivity contribution in [2.75, 3.05) is 12.4 Å². The molecule has 0 aliphatic heterocycles. The Morgan fingerprint density at radius 3 is 2.44 bits per heavy atom. The number of methoxy groups -OCH3 is 1. The monoisotopic (exact) mass is 457 g/mol. The van der Waals surface area contributed by atoms with Gasteiger partial charge in [-0.1, -0.05) is 11.6 Å². The Morgan fingerprint density at radius 1 is 1.19 bits per heavy atom. The highest BCUT2D eigenvalue weighted by Crippen LogP contribution is 2.63. The maximum absolute atomic E-state index is 13.3. The summed E-state index contributed by atoms with van der Waals surface area (Å²) in [4.78, 5) is 37.0. The fraction of sp³-hybridized carbons (Fsp3) is 0.478. The first kappa shape index (κ1) is 21.0. The van der Waals surface area contributed by atoms with Crippen molar-refractivity contribution >= 4 is 34.9 Å². The Morgan fingerprint density at radius 2 is 1.84 bits per heavy atom. The first-order valence-electron chi connectivity index (χ1n) is 10.7. The smallest absolute Gasteiger partial charge is 0.337 e. The van der Waals surface area contributed by atoms with E-state index < -0.39 is 28.5 Å². The van der Waals surface area contributed by atoms with E-state index in [9.17, 15) is 19.5 Å². The van der Waals surface area contributed by atoms with Crippen molar-refractivity contribution in [2.45, 2.75) is 44.1 Å². The number of nitrogens with zero attached hydrogens (tertiary/aromatic N) is 2. The van der Waals surface area contributed by atoms with Crippen LogP contribution in [0.15, 0.2) is 35.3 Å². The van der Waals surface area contributed by atoms with E-state index in [1.165, 1.54) is 18.0 Å². The average Bonchev–Trinajstić information content (AvgIpc) is 2.76. The van der Waals surface area contributed by atoms with Gasteiger partial charge in [-0.3, -0.25) is 9.59 Å². The van der Waals surface area contributed by atoms with Crippen LogP contribution in [-0.4, -0.2) is 33.9 Å². The maximum Gasteiger partial charge on any atom is 0.337 e. The maximum atomic E-state index is 13.3. The van der Waals surface area contributed by atoms with Gasteiger partial charge in [0.05, 0.1) is 35.5 Å². The molecule has 0 spiro atoms. The zero-order valence-corrected chi connectivity index (χ0v) is 18.4. The van der Waals surface area contributed by atoms with Crippen LogP contribution in [0.4, 0.5) is 11.4 Å². The molecule has 0 amide bonds. The van der Waals surface area contributed by atoms with E-state index in [0.29, 0.717) is 48.0 Å². The summed E-state index contributed by atoms with van der Waals surface area (Å²) in [6, 6.07) is 6.59. The number of carbonyl (C=O) groups is 2. The summed E-state index contributed by atoms with van der Waals surface area (Å²) < 4.78 is 6.15. The fourth-order valence-corrected chi connectivity index (χ4v) is 6.71. The van der Waals surface area contributed by atoms with Crippen LogP contribution in [0.25, 0.3) is 0 Å². The van der Waals surface area contributed by atoms with Crippen LogP contribution in [0.3, 0.4) is 0 Å². The lowest BCUT2D eigenvalue weighted by molar-refractivity contribution is -0.173. The molecule has 4 saturated carbocycles. The highest BCUT2D eigenvalue weighted by atomic mass is 35.5. The average molecular weight is 458 g/mol. The summed E-state index contributed by atoms with van der Waals surface area (Å²) in [6.45, 7) is 0. The van der Waals surface area contributed by atoms with Crippen LogP contribution in [0.2, 0.25) is 5.02 Å². The van der Waals surface area contributed by atoms with Crippen LogP contribution < -0.4 is 10.9 Å². The number of ether oxygens (including phenoxy) is 1. The summed E-state index contributed by atoms with van der Waals surface area (Å²) in [7, 11) is 1.32. The number of nitrogens with one attached hydrogen (secondary N) is 1. The number of aromatic nitrogens is 2. The van der Waals surface area contributed by atoms with Gasteiger partial charge in [0.15, 0.2) is 0 Å². The molecule has 4 aliphatic rings. The van der Waals surface area contributed by atoms with Gasteiger partial charge in [0.25, 0.3) is 5.56 Å². The van der Waals surface area contributed by atoms with E-state index in [1.54, 1.807) is 24.3 Å². The summed E-state index contributed by atoms with van der Waals surface area (Å²) in [5.74, 6) is -0.603. The summed E-state index contributed by atoms with van der Waals surface area (Å²) >= 11 is 6.46. The van der Waals surface area contributed by atoms with Gasteiger partial charge in [0, 0.05) is 5.69 Å². The van der Waals surface area contributed by atoms with E-state index in [0.717, 1.165) is 19.3 Å². The summed E-state index contributed by atoms with van der Waals surface area (Å²) in [6.07, 6.45) is 5.87. The van der Waals surface area contributed by atoms with E-state index in [4.69, 9.17) is 16.3 Å². The molecule has 0 saturated heterocycles. The quantitative estimate of drug-likeness (QED) is 0.657. The van der Waals surface area contributed by atoms with E-state index in [1.807, 2.05) is 0 Å². The van der Waals surface area contributed by atoms with Gasteiger partial charge in [-0.15, -0.1) is 0 Å². The number of rotatable bonds is 5. The number of carboxylic acid groups (broad SMARTS) is 1. The van der Waals surface area contributed by atoms with Gasteiger partial charge < -0.3 is 15.2 Å². The molecule has 2 aromatic rings. The van der Waals surface area contributed by atoms with Crippen LogP contribution in [-0.2, 0) is 15.1 Å². The van der Waals surface area contributed by atoms with Crippen LogP contribution >= 0.6 is 11.6 Å². The molecule has 4 aliphatic carbocycles. The molecule has 9 heteroatoms. The van der Waals surface area contributed by atoms with Crippen molar-refractivity contribution in [3.05, 3.63) is 51.4 Å². The second-order valence-electron chi connectivity index (χ2n) is 9.55. The molecule has 8 nitrogen and oxygen atoms in total. The Balaban J connectivity index is 1.45. The largest absolute Gasteiger partial charge is 0.481 e. The van der Waals surface area contributed by atoms with E-state index in [-0.39, 0.29) is 5.02 Å². The van der Waals surface area contributed by atoms with Crippen molar-refractivity contribution < 1.29 is 19.4 Å². The lowest BCUT2D eigenvalue weighted by atomic mass is 9.47. The molecule has 6 rings (SSSR count). The minimum Gasteiger partial charge on any atom is -0.481 e. The minimum absolute atomic E-state index is 0.0113. The number of aliphatic carboxylic acids is 1. The first-order chi connectivity index (χ1) is 15.2. The third-order valence-electron chi connectivity index (χ3n) is 7.44. The molecule has 2 unspecified atom stereocenters. The number of halogens is 1. The Hall–Kier alpha value is -2.87. The number of carbonyl (C=O) groups excluding carboxylic acids is 1. The molecule has 1 aromatic carbocycles. The van der Waals surface area contributed by atoms with Crippen molar-refractivity contribution in [3.63, 3.8) is 0 Å². The van der Waals surface area contributed by atoms with Gasteiger partial charge in [-0.05, 0) is 74.6 Å². The van der Waals surface area contributed by atoms with Crippen LogP contribution in [0.1, 0.15) is 48.9 Å². The SMILES string of the molecule is COC(=O)c1ccc(Nc2cnn(C34C[C@@H]5C[C@@H](CC(C(=O)O)(C5)C3)C4)c(=O)c2Cl)cc1. The minimum atomic E-state index is -0.768. The number of hydrogen-bond acceptors (Lipinski definition) is 6. The van der Waals surface area contributed by atoms with Gasteiger partial charge in [0.2, 0.25) is 0 Å². The number of benzene rings is 1. The van der Waals surface area contributed by atoms with Gasteiger partial charge in [0.1, 0.15) is 5.02 Å². The molecule has 4 bridgehead atoms. The normalized spacial score (nSPS) is 30.2. The number of carboxylic acids is 1. The lowest BCUT2D eigenvalue weighted by Crippen LogP contribution is -2.61. The zero-order valence-electron chi connectivity index (χ0n) is 17.6. The van der Waals surface area contributed by atoms with Crippen molar-refractivity contribution in [2.24, 2.45) is 17.3 Å². The van der Waals surface area contributed by atoms with E-state index >= 15 is 0 Å². The number of anilines is 2. The zero-order chi connectivity index (χ0) is 22.7. The summed E-state index contributed by atoms with van der Waals surface area (Å²) in [5, 5.41) is 17.5. The number of esters is 1. The van der Waals surface area contributed by atoms with Crippen molar-refractivity contribution in [1.82, 2.24) is 9.78 Å². The third kappa shape index (κ3) is 3.20. The second kappa shape index (κ2) is 7.33. The van der Waals surface area contributed by atoms with E-state index in [2.05, 4.69) is 10.4 Å². The Bertz CT molecular complexity index is 1150. The summed E-state index contributed by atoms with van der Waals surface area (Å²) in [5.41, 5.74) is -0.369. The highest BCUT2D eigenvalue weighted by molar-refractivity contribution is 6.33. The molecule has 4 fully saturated rings. The predicted octanol–water partition coefficient (Wildman–Crippen LogP) is 3.81. The molecule has 0 radical (unpaired) electrons. The van der Waals surface area contributed by atoms with Gasteiger partial charge >= 0.3 is 11.9 Å². The van der Waals surface area contributed by atoms with Gasteiger partial charge in [-0.2, -0.15) is 5.10 Å². The highest BCUT2D eigenvalue weighted by Gasteiger charge is 2.62. The molecular formula is C23H24ClN3O5. The molecule has 1 heterocycles. The third-order valence-corrected chi connectivity index (χ3v) is 7.80. The molecule has 2 N–H and O–H groups in total. The predicted molar refractivity (Wildman–Crippen MR) is 117 cm³/mol. The molecular weight excluding hydrogens is 434 g/mol. The Kier molecular flexibility index (Phi) is 4.81. The van der Waals surface area contributed by atoms with Gasteiger partial charge in [-0.25, -0.2) is 9.48 Å². The second-order valence-corrected chi connectivity index (χ2v) is 9.93. The molecule has 4 atom stereocenters. The topological polar surface area (TPSA) is 111 Å². The molecule has 168 valence electrons. The lowest BCUT2D eigenvalue weighted by Gasteiger charge is -2.60. The standard InChI is InChI=1S/C23H24ClN3O5/c1-32-20(29)15-2-4-16(5-3-15)26-17-11-25-27(19(28)18(17)24)23-9-13-6-14(10-23)8-22(7-13,12-23)21(30)31/h2-5,11,13-14,26H,6-10,12H2,1H3,(H,30,31)/t13-,14+,22?,23?. The van der Waals surface area contributed by atoms with Crippen LogP contribution in [0, 0.1) is 17.3 Å². The van der Waals surface area contributed by atoms with Crippen molar-refractivity contribution in [3.8, 4) is 0 Å². The first-order valence-corrected chi connectivity index (χ1v) is 11.1. The van der Waals surface area contributed by atoms with Crippen molar-refractivity contribution in [1.29, 1.82) is 0 Å². The Labute approximate surface area is 189 Å².